The lowest BCUT2D eigenvalue weighted by molar-refractivity contribution is 1.13. The van der Waals surface area contributed by atoms with Crippen molar-refractivity contribution < 1.29 is 0 Å². The molecule has 2 N–H and O–H groups in total. The first-order valence-electron chi connectivity index (χ1n) is 3.41. The molecule has 0 saturated carbocycles. The van der Waals surface area contributed by atoms with Gasteiger partial charge in [-0.25, -0.2) is 0 Å². The zero-order valence-electron chi connectivity index (χ0n) is 6.72. The predicted octanol–water partition coefficient (Wildman–Crippen LogP) is 2.02. The number of nitrogens with two attached hydrogens (primary N) is 1. The topological polar surface area (TPSA) is 26.0 Å². The molecule has 0 fully saturated rings. The fourth-order valence-electron chi connectivity index (χ4n) is 0.790. The molecular weight excluding hydrogens is 122 g/mol. The van der Waals surface area contributed by atoms with Crippen LogP contribution in [0.15, 0.2) is 36.0 Å². The van der Waals surface area contributed by atoms with Gasteiger partial charge in [0.2, 0.25) is 0 Å². The second-order valence-electron chi connectivity index (χ2n) is 2.10. The maximum absolute atomic E-state index is 5.47. The normalized spacial score (nSPS) is 13.5. The Labute approximate surface area is 62.9 Å². The van der Waals surface area contributed by atoms with Crippen LogP contribution in [0.25, 0.3) is 0 Å². The zero-order valence-corrected chi connectivity index (χ0v) is 6.72. The lowest BCUT2D eigenvalue weighted by Crippen LogP contribution is -2.03. The van der Waals surface area contributed by atoms with E-state index in [1.54, 1.807) is 6.08 Å². The van der Waals surface area contributed by atoms with E-state index in [2.05, 4.69) is 6.58 Å². The molecule has 0 bridgehead atoms. The molecule has 0 aromatic carbocycles. The molecule has 0 aliphatic rings. The summed E-state index contributed by atoms with van der Waals surface area (Å²) in [6.45, 7) is 8.23. The standard InChI is InChI=1S/C9H15N/c1-4-6-8(3)9(5-2)7-10/h4-6H,1,7,10H2,2-3H3/b8-6+,9-5+. The smallest absolute Gasteiger partial charge is 0.0177 e. The highest BCUT2D eigenvalue weighted by Crippen LogP contribution is 2.06. The molecule has 0 aliphatic heterocycles. The lowest BCUT2D eigenvalue weighted by Gasteiger charge is -2.01. The van der Waals surface area contributed by atoms with Crippen molar-refractivity contribution in [1.29, 1.82) is 0 Å². The first-order chi connectivity index (χ1) is 4.76. The first-order valence-corrected chi connectivity index (χ1v) is 3.41. The van der Waals surface area contributed by atoms with Gasteiger partial charge in [-0.2, -0.15) is 0 Å². The molecule has 0 aromatic heterocycles. The van der Waals surface area contributed by atoms with Gasteiger partial charge in [-0.05, 0) is 25.0 Å². The summed E-state index contributed by atoms with van der Waals surface area (Å²) in [5.41, 5.74) is 7.85. The van der Waals surface area contributed by atoms with Crippen LogP contribution in [0.2, 0.25) is 0 Å². The summed E-state index contributed by atoms with van der Waals surface area (Å²) >= 11 is 0. The minimum absolute atomic E-state index is 0.604. The van der Waals surface area contributed by atoms with Gasteiger partial charge in [0.15, 0.2) is 0 Å². The van der Waals surface area contributed by atoms with Crippen molar-refractivity contribution in [2.45, 2.75) is 13.8 Å². The lowest BCUT2D eigenvalue weighted by atomic mass is 10.1. The third kappa shape index (κ3) is 2.65. The van der Waals surface area contributed by atoms with Crippen LogP contribution in [0.4, 0.5) is 0 Å². The van der Waals surface area contributed by atoms with Gasteiger partial charge in [-0.15, -0.1) is 0 Å². The molecule has 1 nitrogen and oxygen atoms in total. The van der Waals surface area contributed by atoms with E-state index >= 15 is 0 Å². The van der Waals surface area contributed by atoms with Crippen LogP contribution in [-0.2, 0) is 0 Å². The molecule has 0 unspecified atom stereocenters. The van der Waals surface area contributed by atoms with E-state index in [0.29, 0.717) is 6.54 Å². The van der Waals surface area contributed by atoms with Crippen LogP contribution in [0.1, 0.15) is 13.8 Å². The van der Waals surface area contributed by atoms with Crippen LogP contribution in [0, 0.1) is 0 Å². The van der Waals surface area contributed by atoms with Gasteiger partial charge >= 0.3 is 0 Å². The van der Waals surface area contributed by atoms with E-state index < -0.39 is 0 Å². The summed E-state index contributed by atoms with van der Waals surface area (Å²) in [6, 6.07) is 0. The van der Waals surface area contributed by atoms with Crippen molar-refractivity contribution in [3.63, 3.8) is 0 Å². The van der Waals surface area contributed by atoms with Gasteiger partial charge in [0, 0.05) is 6.54 Å². The Kier molecular flexibility index (Phi) is 4.59. The van der Waals surface area contributed by atoms with E-state index in [4.69, 9.17) is 5.73 Å². The highest BCUT2D eigenvalue weighted by molar-refractivity contribution is 5.31. The van der Waals surface area contributed by atoms with E-state index in [0.717, 1.165) is 0 Å². The molecule has 0 aliphatic carbocycles. The molecule has 1 heteroatoms. The van der Waals surface area contributed by atoms with E-state index in [1.807, 2.05) is 26.0 Å². The Morgan fingerprint density at radius 2 is 2.20 bits per heavy atom. The summed E-state index contributed by atoms with van der Waals surface area (Å²) < 4.78 is 0. The van der Waals surface area contributed by atoms with Crippen LogP contribution in [-0.4, -0.2) is 6.54 Å². The third-order valence-corrected chi connectivity index (χ3v) is 1.44. The molecule has 0 heterocycles. The van der Waals surface area contributed by atoms with Gasteiger partial charge in [0.25, 0.3) is 0 Å². The Hall–Kier alpha value is -0.820. The van der Waals surface area contributed by atoms with Crippen molar-refractivity contribution in [3.8, 4) is 0 Å². The molecular formula is C9H15N. The third-order valence-electron chi connectivity index (χ3n) is 1.44. The maximum atomic E-state index is 5.47. The average molecular weight is 137 g/mol. The predicted molar refractivity (Wildman–Crippen MR) is 46.8 cm³/mol. The molecule has 56 valence electrons. The largest absolute Gasteiger partial charge is 0.326 e. The first kappa shape index (κ1) is 9.18. The molecule has 0 saturated heterocycles. The summed E-state index contributed by atoms with van der Waals surface area (Å²) in [7, 11) is 0. The zero-order chi connectivity index (χ0) is 7.98. The highest BCUT2D eigenvalue weighted by atomic mass is 14.5. The Bertz CT molecular complexity index is 164. The minimum atomic E-state index is 0.604. The molecule has 10 heavy (non-hydrogen) atoms. The van der Waals surface area contributed by atoms with E-state index in [9.17, 15) is 0 Å². The van der Waals surface area contributed by atoms with Gasteiger partial charge in [-0.1, -0.05) is 24.8 Å². The van der Waals surface area contributed by atoms with Crippen LogP contribution in [0.5, 0.6) is 0 Å². The van der Waals surface area contributed by atoms with Crippen LogP contribution < -0.4 is 5.73 Å². The minimum Gasteiger partial charge on any atom is -0.326 e. The Morgan fingerprint density at radius 1 is 1.60 bits per heavy atom. The fraction of sp³-hybridized carbons (Fsp3) is 0.333. The highest BCUT2D eigenvalue weighted by Gasteiger charge is 1.92. The van der Waals surface area contributed by atoms with Gasteiger partial charge in [0.1, 0.15) is 0 Å². The molecule has 0 amide bonds. The summed E-state index contributed by atoms with van der Waals surface area (Å²) in [5.74, 6) is 0. The Morgan fingerprint density at radius 3 is 2.50 bits per heavy atom. The number of hydrogen-bond donors (Lipinski definition) is 1. The summed E-state index contributed by atoms with van der Waals surface area (Å²) in [5, 5.41) is 0. The second kappa shape index (κ2) is 5.00. The summed E-state index contributed by atoms with van der Waals surface area (Å²) in [6.07, 6.45) is 5.76. The van der Waals surface area contributed by atoms with Gasteiger partial charge in [0.05, 0.1) is 0 Å². The van der Waals surface area contributed by atoms with Gasteiger partial charge < -0.3 is 5.73 Å². The van der Waals surface area contributed by atoms with E-state index in [-0.39, 0.29) is 0 Å². The summed E-state index contributed by atoms with van der Waals surface area (Å²) in [4.78, 5) is 0. The quantitative estimate of drug-likeness (QED) is 0.592. The SMILES string of the molecule is C=C/C=C(C)/C(=C/C)CN. The van der Waals surface area contributed by atoms with Crippen LogP contribution in [0.3, 0.4) is 0 Å². The van der Waals surface area contributed by atoms with Crippen molar-refractivity contribution in [3.05, 3.63) is 36.0 Å². The van der Waals surface area contributed by atoms with Crippen molar-refractivity contribution in [1.82, 2.24) is 0 Å². The fourth-order valence-corrected chi connectivity index (χ4v) is 0.790. The van der Waals surface area contributed by atoms with Crippen molar-refractivity contribution >= 4 is 0 Å². The molecule has 0 spiro atoms. The van der Waals surface area contributed by atoms with Crippen LogP contribution >= 0.6 is 0 Å². The molecule has 0 radical (unpaired) electrons. The average Bonchev–Trinajstić information content (AvgIpc) is 1.91. The number of hydrogen-bond acceptors (Lipinski definition) is 1. The van der Waals surface area contributed by atoms with Crippen molar-refractivity contribution in [2.75, 3.05) is 6.54 Å². The molecule has 0 rings (SSSR count). The van der Waals surface area contributed by atoms with E-state index in [1.165, 1.54) is 11.1 Å². The maximum Gasteiger partial charge on any atom is 0.0177 e. The molecule has 0 atom stereocenters. The van der Waals surface area contributed by atoms with Crippen molar-refractivity contribution in [2.24, 2.45) is 5.73 Å². The second-order valence-corrected chi connectivity index (χ2v) is 2.10. The monoisotopic (exact) mass is 137 g/mol. The number of allylic oxidation sites excluding steroid dienone is 3. The van der Waals surface area contributed by atoms with Gasteiger partial charge in [-0.3, -0.25) is 0 Å². The molecule has 0 aromatic rings. The Balaban J connectivity index is 4.30. The number of rotatable bonds is 3.